The van der Waals surface area contributed by atoms with Gasteiger partial charge in [0.15, 0.2) is 6.61 Å². The predicted octanol–water partition coefficient (Wildman–Crippen LogP) is 2.46. The zero-order chi connectivity index (χ0) is 12.3. The second-order valence-corrected chi connectivity index (χ2v) is 4.41. The maximum Gasteiger partial charge on any atom is 0.213 e. The van der Waals surface area contributed by atoms with E-state index in [-0.39, 0.29) is 6.61 Å². The van der Waals surface area contributed by atoms with Crippen LogP contribution in [0, 0.1) is 0 Å². The number of aliphatic hydroxyl groups is 1. The highest BCUT2D eigenvalue weighted by Crippen LogP contribution is 2.29. The molecule has 0 amide bonds. The number of nitrogens with zero attached hydrogens (tertiary/aromatic N) is 2. The Hall–Kier alpha value is -1.40. The molecule has 0 aliphatic rings. The quantitative estimate of drug-likeness (QED) is 0.939. The fourth-order valence-corrected chi connectivity index (χ4v) is 1.72. The van der Waals surface area contributed by atoms with Crippen LogP contribution in [-0.4, -0.2) is 15.2 Å². The molecule has 0 bridgehead atoms. The molecule has 1 atom stereocenters. The largest absolute Gasteiger partial charge is 0.485 e. The fraction of sp³-hybridized carbons (Fsp3) is 0.273. The molecule has 0 radical (unpaired) electrons. The topological polar surface area (TPSA) is 68.4 Å². The molecule has 0 fully saturated rings. The molecule has 0 saturated heterocycles. The van der Waals surface area contributed by atoms with Crippen molar-refractivity contribution < 1.29 is 14.4 Å². The van der Waals surface area contributed by atoms with Gasteiger partial charge in [0.1, 0.15) is 5.75 Å². The van der Waals surface area contributed by atoms with Gasteiger partial charge in [-0.2, -0.15) is 4.98 Å². The first-order valence-corrected chi connectivity index (χ1v) is 5.81. The maximum absolute atomic E-state index is 9.61. The van der Waals surface area contributed by atoms with Crippen LogP contribution in [0.5, 0.6) is 5.75 Å². The Labute approximate surface area is 107 Å². The number of aromatic nitrogens is 2. The van der Waals surface area contributed by atoms with E-state index in [2.05, 4.69) is 30.6 Å². The SMILES string of the molecule is CC(O)c1ccc(Br)cc1OCc1ncon1. The summed E-state index contributed by atoms with van der Waals surface area (Å²) in [4.78, 5) is 3.85. The summed E-state index contributed by atoms with van der Waals surface area (Å²) >= 11 is 3.35. The lowest BCUT2D eigenvalue weighted by Gasteiger charge is -2.12. The summed E-state index contributed by atoms with van der Waals surface area (Å²) in [5.74, 6) is 1.06. The van der Waals surface area contributed by atoms with Crippen LogP contribution in [0.15, 0.2) is 33.6 Å². The smallest absolute Gasteiger partial charge is 0.213 e. The van der Waals surface area contributed by atoms with Crippen LogP contribution in [0.3, 0.4) is 0 Å². The molecule has 0 aliphatic heterocycles. The summed E-state index contributed by atoms with van der Waals surface area (Å²) in [6.45, 7) is 1.89. The average Bonchev–Trinajstić information content (AvgIpc) is 2.78. The molecular formula is C11H11BrN2O3. The van der Waals surface area contributed by atoms with Crippen LogP contribution in [0.4, 0.5) is 0 Å². The van der Waals surface area contributed by atoms with Crippen LogP contribution in [0.25, 0.3) is 0 Å². The zero-order valence-electron chi connectivity index (χ0n) is 9.13. The van der Waals surface area contributed by atoms with Gasteiger partial charge in [-0.05, 0) is 19.1 Å². The number of hydrogen-bond donors (Lipinski definition) is 1. The van der Waals surface area contributed by atoms with Crippen LogP contribution in [0.2, 0.25) is 0 Å². The number of aliphatic hydroxyl groups excluding tert-OH is 1. The van der Waals surface area contributed by atoms with E-state index in [0.717, 1.165) is 10.0 Å². The zero-order valence-corrected chi connectivity index (χ0v) is 10.7. The molecule has 6 heteroatoms. The average molecular weight is 299 g/mol. The van der Waals surface area contributed by atoms with E-state index in [1.807, 2.05) is 6.07 Å². The number of ether oxygens (including phenoxy) is 1. The molecule has 1 unspecified atom stereocenters. The van der Waals surface area contributed by atoms with Crippen LogP contribution in [-0.2, 0) is 6.61 Å². The molecule has 1 aromatic carbocycles. The molecule has 2 rings (SSSR count). The van der Waals surface area contributed by atoms with Crippen molar-refractivity contribution in [3.63, 3.8) is 0 Å². The van der Waals surface area contributed by atoms with Gasteiger partial charge >= 0.3 is 0 Å². The Morgan fingerprint density at radius 2 is 2.35 bits per heavy atom. The van der Waals surface area contributed by atoms with Crippen molar-refractivity contribution in [1.82, 2.24) is 10.1 Å². The van der Waals surface area contributed by atoms with Gasteiger partial charge in [0.25, 0.3) is 0 Å². The molecule has 1 heterocycles. The van der Waals surface area contributed by atoms with E-state index in [9.17, 15) is 5.11 Å². The maximum atomic E-state index is 9.61. The number of rotatable bonds is 4. The van der Waals surface area contributed by atoms with E-state index < -0.39 is 6.10 Å². The molecule has 1 aromatic heterocycles. The minimum Gasteiger partial charge on any atom is -0.485 e. The highest BCUT2D eigenvalue weighted by Gasteiger charge is 2.10. The number of benzene rings is 1. The summed E-state index contributed by atoms with van der Waals surface area (Å²) in [6.07, 6.45) is 0.651. The third kappa shape index (κ3) is 3.04. The molecule has 2 aromatic rings. The van der Waals surface area contributed by atoms with Crippen molar-refractivity contribution in [2.24, 2.45) is 0 Å². The van der Waals surface area contributed by atoms with Gasteiger partial charge in [-0.25, -0.2) is 0 Å². The molecule has 90 valence electrons. The van der Waals surface area contributed by atoms with Gasteiger partial charge in [-0.15, -0.1) is 0 Å². The molecule has 0 spiro atoms. The third-order valence-corrected chi connectivity index (χ3v) is 2.68. The lowest BCUT2D eigenvalue weighted by atomic mass is 10.1. The van der Waals surface area contributed by atoms with E-state index in [1.165, 1.54) is 6.39 Å². The highest BCUT2D eigenvalue weighted by atomic mass is 79.9. The Morgan fingerprint density at radius 1 is 1.53 bits per heavy atom. The second kappa shape index (κ2) is 5.29. The van der Waals surface area contributed by atoms with Gasteiger partial charge in [-0.3, -0.25) is 0 Å². The lowest BCUT2D eigenvalue weighted by Crippen LogP contribution is -2.02. The highest BCUT2D eigenvalue weighted by molar-refractivity contribution is 9.10. The molecular weight excluding hydrogens is 288 g/mol. The minimum atomic E-state index is -0.594. The van der Waals surface area contributed by atoms with Gasteiger partial charge in [0.2, 0.25) is 12.2 Å². The third-order valence-electron chi connectivity index (χ3n) is 2.19. The summed E-state index contributed by atoms with van der Waals surface area (Å²) < 4.78 is 11.0. The van der Waals surface area contributed by atoms with Crippen molar-refractivity contribution in [3.05, 3.63) is 40.5 Å². The monoisotopic (exact) mass is 298 g/mol. The first-order chi connectivity index (χ1) is 8.16. The van der Waals surface area contributed by atoms with Gasteiger partial charge < -0.3 is 14.4 Å². The molecule has 5 nitrogen and oxygen atoms in total. The standard InChI is InChI=1S/C11H11BrN2O3/c1-7(15)9-3-2-8(12)4-10(9)16-5-11-13-6-17-14-11/h2-4,6-7,15H,5H2,1H3. The first-order valence-electron chi connectivity index (χ1n) is 5.02. The van der Waals surface area contributed by atoms with Gasteiger partial charge in [-0.1, -0.05) is 27.2 Å². The second-order valence-electron chi connectivity index (χ2n) is 3.49. The molecule has 1 N–H and O–H groups in total. The number of hydrogen-bond acceptors (Lipinski definition) is 5. The van der Waals surface area contributed by atoms with Gasteiger partial charge in [0, 0.05) is 10.0 Å². The lowest BCUT2D eigenvalue weighted by molar-refractivity contribution is 0.189. The summed E-state index contributed by atoms with van der Waals surface area (Å²) in [6, 6.07) is 5.45. The van der Waals surface area contributed by atoms with Crippen LogP contribution < -0.4 is 4.74 Å². The first kappa shape index (κ1) is 12.1. The minimum absolute atomic E-state index is 0.201. The van der Waals surface area contributed by atoms with E-state index in [4.69, 9.17) is 4.74 Å². The molecule has 17 heavy (non-hydrogen) atoms. The van der Waals surface area contributed by atoms with E-state index in [1.54, 1.807) is 19.1 Å². The van der Waals surface area contributed by atoms with E-state index in [0.29, 0.717) is 11.6 Å². The van der Waals surface area contributed by atoms with E-state index >= 15 is 0 Å². The summed E-state index contributed by atoms with van der Waals surface area (Å²) in [5.41, 5.74) is 0.719. The van der Waals surface area contributed by atoms with Crippen LogP contribution >= 0.6 is 15.9 Å². The molecule has 0 aliphatic carbocycles. The summed E-state index contributed by atoms with van der Waals surface area (Å²) in [5, 5.41) is 13.3. The Balaban J connectivity index is 2.16. The summed E-state index contributed by atoms with van der Waals surface area (Å²) in [7, 11) is 0. The normalized spacial score (nSPS) is 12.4. The Bertz CT molecular complexity index is 485. The predicted molar refractivity (Wildman–Crippen MR) is 63.4 cm³/mol. The fourth-order valence-electron chi connectivity index (χ4n) is 1.38. The van der Waals surface area contributed by atoms with Crippen molar-refractivity contribution >= 4 is 15.9 Å². The Kier molecular flexibility index (Phi) is 3.75. The van der Waals surface area contributed by atoms with Crippen molar-refractivity contribution in [2.45, 2.75) is 19.6 Å². The molecule has 0 saturated carbocycles. The number of halogens is 1. The van der Waals surface area contributed by atoms with Crippen molar-refractivity contribution in [1.29, 1.82) is 0 Å². The van der Waals surface area contributed by atoms with Crippen LogP contribution in [0.1, 0.15) is 24.4 Å². The van der Waals surface area contributed by atoms with Crippen molar-refractivity contribution in [3.8, 4) is 5.75 Å². The van der Waals surface area contributed by atoms with Crippen molar-refractivity contribution in [2.75, 3.05) is 0 Å². The van der Waals surface area contributed by atoms with Gasteiger partial charge in [0.05, 0.1) is 6.10 Å². The Morgan fingerprint density at radius 3 is 3.00 bits per heavy atom.